The number of nitrogens with one attached hydrogen (secondary N) is 3. The predicted molar refractivity (Wildman–Crippen MR) is 114 cm³/mol. The van der Waals surface area contributed by atoms with Crippen molar-refractivity contribution in [3.05, 3.63) is 35.9 Å². The van der Waals surface area contributed by atoms with Crippen molar-refractivity contribution in [1.82, 2.24) is 16.1 Å². The first-order valence-corrected chi connectivity index (χ1v) is 10.4. The molecule has 0 fully saturated rings. The molecule has 158 valence electrons. The molecule has 0 saturated carbocycles. The number of carbonyl (C=O) groups is 3. The molecule has 0 unspecified atom stereocenters. The van der Waals surface area contributed by atoms with Gasteiger partial charge in [-0.2, -0.15) is 0 Å². The molecule has 1 aromatic carbocycles. The van der Waals surface area contributed by atoms with Crippen LogP contribution in [0.4, 0.5) is 0 Å². The van der Waals surface area contributed by atoms with Gasteiger partial charge in [0.25, 0.3) is 0 Å². The molecule has 3 amide bonds. The van der Waals surface area contributed by atoms with E-state index in [9.17, 15) is 14.4 Å². The van der Waals surface area contributed by atoms with Crippen LogP contribution in [0.3, 0.4) is 0 Å². The molecule has 0 bridgehead atoms. The summed E-state index contributed by atoms with van der Waals surface area (Å²) < 4.78 is 0. The topological polar surface area (TPSA) is 108 Å². The molecule has 0 aromatic heterocycles. The van der Waals surface area contributed by atoms with Crippen molar-refractivity contribution < 1.29 is 19.6 Å². The molecule has 0 saturated heterocycles. The van der Waals surface area contributed by atoms with Crippen molar-refractivity contribution in [1.29, 1.82) is 0 Å². The molecule has 7 nitrogen and oxygen atoms in total. The number of likely N-dealkylation sites (N-methyl/N-ethyl adjacent to an activating group) is 1. The van der Waals surface area contributed by atoms with Crippen LogP contribution in [0.5, 0.6) is 0 Å². The van der Waals surface area contributed by atoms with Gasteiger partial charge < -0.3 is 10.6 Å². The highest BCUT2D eigenvalue weighted by atomic mass is 32.2. The first-order chi connectivity index (χ1) is 13.8. The third-order valence-corrected chi connectivity index (χ3v) is 5.20. The predicted octanol–water partition coefficient (Wildman–Crippen LogP) is 1.57. The van der Waals surface area contributed by atoms with E-state index in [1.807, 2.05) is 44.2 Å². The van der Waals surface area contributed by atoms with Crippen molar-refractivity contribution in [2.45, 2.75) is 32.7 Å². The number of terminal acetylenes is 1. The molecular weight excluding hydrogens is 390 g/mol. The Balaban J connectivity index is 3.09. The normalized spacial score (nSPS) is 13.7. The van der Waals surface area contributed by atoms with Gasteiger partial charge in [0.05, 0.1) is 11.8 Å². The van der Waals surface area contributed by atoms with Crippen molar-refractivity contribution in [3.63, 3.8) is 0 Å². The summed E-state index contributed by atoms with van der Waals surface area (Å²) >= 11 is 1.06. The van der Waals surface area contributed by atoms with E-state index in [-0.39, 0.29) is 17.6 Å². The molecule has 29 heavy (non-hydrogen) atoms. The SMILES string of the molecule is C#CSC[C@H](C(=O)NO)[C@@H](CC(C)C)C(=O)N[C@@H](Cc1ccccc1)C(=O)NC. The first kappa shape index (κ1) is 24.5. The minimum absolute atomic E-state index is 0.114. The lowest BCUT2D eigenvalue weighted by molar-refractivity contribution is -0.140. The molecule has 0 spiro atoms. The van der Waals surface area contributed by atoms with Gasteiger partial charge in [-0.15, -0.1) is 6.42 Å². The average Bonchev–Trinajstić information content (AvgIpc) is 2.72. The molecular formula is C21H29N3O4S. The number of carbonyl (C=O) groups excluding carboxylic acids is 3. The van der Waals surface area contributed by atoms with Gasteiger partial charge in [0, 0.05) is 19.2 Å². The summed E-state index contributed by atoms with van der Waals surface area (Å²) in [6.07, 6.45) is 6.01. The number of amides is 3. The van der Waals surface area contributed by atoms with E-state index in [4.69, 9.17) is 11.6 Å². The fourth-order valence-electron chi connectivity index (χ4n) is 3.07. The molecule has 1 aromatic rings. The van der Waals surface area contributed by atoms with Gasteiger partial charge in [0.1, 0.15) is 6.04 Å². The Labute approximate surface area is 176 Å². The molecule has 1 rings (SSSR count). The summed E-state index contributed by atoms with van der Waals surface area (Å²) in [5, 5.41) is 16.8. The van der Waals surface area contributed by atoms with Gasteiger partial charge in [0.2, 0.25) is 17.7 Å². The van der Waals surface area contributed by atoms with Gasteiger partial charge >= 0.3 is 0 Å². The van der Waals surface area contributed by atoms with Crippen LogP contribution in [0.1, 0.15) is 25.8 Å². The number of rotatable bonds is 11. The standard InChI is InChI=1S/C21H29N3O4S/c1-5-29-13-17(20(26)24-28)16(11-14(2)3)19(25)23-18(21(27)22-4)12-15-9-7-6-8-10-15/h1,6-10,14,16-18,28H,11-13H2,2-4H3,(H,22,27)(H,23,25)(H,24,26)/t16-,17+,18+/m1/s1. The second-order valence-electron chi connectivity index (χ2n) is 7.11. The Kier molecular flexibility index (Phi) is 10.9. The summed E-state index contributed by atoms with van der Waals surface area (Å²) in [5.74, 6) is -2.70. The Bertz CT molecular complexity index is 718. The number of hydrogen-bond acceptors (Lipinski definition) is 5. The van der Waals surface area contributed by atoms with Crippen LogP contribution in [0.25, 0.3) is 0 Å². The van der Waals surface area contributed by atoms with Gasteiger partial charge in [0.15, 0.2) is 0 Å². The fraction of sp³-hybridized carbons (Fsp3) is 0.476. The minimum atomic E-state index is -0.828. The summed E-state index contributed by atoms with van der Waals surface area (Å²) in [5.41, 5.74) is 2.53. The Morgan fingerprint density at radius 3 is 2.28 bits per heavy atom. The molecule has 3 atom stereocenters. The van der Waals surface area contributed by atoms with E-state index in [1.54, 1.807) is 5.48 Å². The maximum absolute atomic E-state index is 13.1. The first-order valence-electron chi connectivity index (χ1n) is 9.41. The molecule has 0 aliphatic rings. The van der Waals surface area contributed by atoms with Crippen LogP contribution < -0.4 is 16.1 Å². The molecule has 0 radical (unpaired) electrons. The highest BCUT2D eigenvalue weighted by molar-refractivity contribution is 8.03. The highest BCUT2D eigenvalue weighted by Crippen LogP contribution is 2.25. The van der Waals surface area contributed by atoms with Crippen LogP contribution in [0.15, 0.2) is 30.3 Å². The Hall–Kier alpha value is -2.50. The lowest BCUT2D eigenvalue weighted by Crippen LogP contribution is -2.51. The highest BCUT2D eigenvalue weighted by Gasteiger charge is 2.35. The van der Waals surface area contributed by atoms with Gasteiger partial charge in [-0.3, -0.25) is 19.6 Å². The number of thioether (sulfide) groups is 1. The molecule has 0 heterocycles. The largest absolute Gasteiger partial charge is 0.357 e. The third kappa shape index (κ3) is 8.18. The zero-order valence-corrected chi connectivity index (χ0v) is 17.8. The zero-order chi connectivity index (χ0) is 21.8. The van der Waals surface area contributed by atoms with E-state index < -0.39 is 29.7 Å². The molecule has 4 N–H and O–H groups in total. The van der Waals surface area contributed by atoms with Gasteiger partial charge in [-0.25, -0.2) is 5.48 Å². The van der Waals surface area contributed by atoms with E-state index in [1.165, 1.54) is 7.05 Å². The summed E-state index contributed by atoms with van der Waals surface area (Å²) in [6.45, 7) is 3.87. The van der Waals surface area contributed by atoms with Crippen LogP contribution in [0, 0.1) is 29.4 Å². The summed E-state index contributed by atoms with van der Waals surface area (Å²) in [6, 6.07) is 8.55. The zero-order valence-electron chi connectivity index (χ0n) is 17.0. The molecule has 8 heteroatoms. The number of hydroxylamine groups is 1. The molecule has 0 aliphatic heterocycles. The fourth-order valence-corrected chi connectivity index (χ4v) is 3.73. The number of benzene rings is 1. The van der Waals surface area contributed by atoms with Crippen LogP contribution in [-0.4, -0.2) is 41.8 Å². The van der Waals surface area contributed by atoms with Crippen molar-refractivity contribution in [3.8, 4) is 11.7 Å². The van der Waals surface area contributed by atoms with Crippen molar-refractivity contribution >= 4 is 29.5 Å². The Morgan fingerprint density at radius 1 is 1.10 bits per heavy atom. The third-order valence-electron chi connectivity index (χ3n) is 4.50. The van der Waals surface area contributed by atoms with Crippen LogP contribution in [-0.2, 0) is 20.8 Å². The van der Waals surface area contributed by atoms with E-state index >= 15 is 0 Å². The van der Waals surface area contributed by atoms with E-state index in [0.717, 1.165) is 17.3 Å². The number of hydrogen-bond donors (Lipinski definition) is 4. The smallest absolute Gasteiger partial charge is 0.248 e. The van der Waals surface area contributed by atoms with E-state index in [0.29, 0.717) is 12.8 Å². The van der Waals surface area contributed by atoms with Crippen LogP contribution >= 0.6 is 11.8 Å². The lowest BCUT2D eigenvalue weighted by Gasteiger charge is -2.27. The van der Waals surface area contributed by atoms with E-state index in [2.05, 4.69) is 15.9 Å². The summed E-state index contributed by atoms with van der Waals surface area (Å²) in [4.78, 5) is 37.7. The van der Waals surface area contributed by atoms with Crippen LogP contribution in [0.2, 0.25) is 0 Å². The Morgan fingerprint density at radius 2 is 1.76 bits per heavy atom. The monoisotopic (exact) mass is 419 g/mol. The minimum Gasteiger partial charge on any atom is -0.357 e. The second-order valence-corrected chi connectivity index (χ2v) is 7.97. The van der Waals surface area contributed by atoms with Crippen molar-refractivity contribution in [2.24, 2.45) is 17.8 Å². The van der Waals surface area contributed by atoms with Gasteiger partial charge in [-0.05, 0) is 23.2 Å². The summed E-state index contributed by atoms with van der Waals surface area (Å²) in [7, 11) is 1.50. The lowest BCUT2D eigenvalue weighted by atomic mass is 9.84. The van der Waals surface area contributed by atoms with Crippen molar-refractivity contribution in [2.75, 3.05) is 12.8 Å². The molecule has 0 aliphatic carbocycles. The maximum atomic E-state index is 13.1. The van der Waals surface area contributed by atoms with Gasteiger partial charge in [-0.1, -0.05) is 55.9 Å². The quantitative estimate of drug-likeness (QED) is 0.247. The second kappa shape index (κ2) is 12.9. The maximum Gasteiger partial charge on any atom is 0.248 e. The average molecular weight is 420 g/mol.